The summed E-state index contributed by atoms with van der Waals surface area (Å²) in [6.07, 6.45) is 3.62. The van der Waals surface area contributed by atoms with E-state index in [1.807, 2.05) is 37.3 Å². The predicted octanol–water partition coefficient (Wildman–Crippen LogP) is 3.57. The first-order chi connectivity index (χ1) is 13.1. The second-order valence-electron chi connectivity index (χ2n) is 7.16. The van der Waals surface area contributed by atoms with E-state index in [0.717, 1.165) is 30.0 Å². The number of amides is 2. The van der Waals surface area contributed by atoms with Crippen LogP contribution in [0.4, 0.5) is 11.4 Å². The molecule has 0 spiro atoms. The molecule has 0 unspecified atom stereocenters. The van der Waals surface area contributed by atoms with E-state index in [1.54, 1.807) is 4.90 Å². The molecule has 1 fully saturated rings. The van der Waals surface area contributed by atoms with Crippen LogP contribution >= 0.6 is 0 Å². The number of anilines is 2. The molecule has 0 saturated carbocycles. The van der Waals surface area contributed by atoms with Crippen molar-refractivity contribution in [2.75, 3.05) is 23.4 Å². The fraction of sp³-hybridized carbons (Fsp3) is 0.364. The Morgan fingerprint density at radius 2 is 1.93 bits per heavy atom. The van der Waals surface area contributed by atoms with Gasteiger partial charge in [0.2, 0.25) is 11.8 Å². The summed E-state index contributed by atoms with van der Waals surface area (Å²) < 4.78 is 5.44. The molecule has 5 nitrogen and oxygen atoms in total. The highest BCUT2D eigenvalue weighted by atomic mass is 16.5. The number of rotatable bonds is 5. The number of aryl methyl sites for hydroxylation is 2. The van der Waals surface area contributed by atoms with E-state index in [-0.39, 0.29) is 24.2 Å². The van der Waals surface area contributed by atoms with Crippen molar-refractivity contribution in [2.45, 2.75) is 32.6 Å². The molecule has 1 N–H and O–H groups in total. The van der Waals surface area contributed by atoms with Gasteiger partial charge in [-0.2, -0.15) is 0 Å². The van der Waals surface area contributed by atoms with E-state index < -0.39 is 0 Å². The number of ether oxygens (including phenoxy) is 1. The van der Waals surface area contributed by atoms with Crippen LogP contribution in [0.5, 0.6) is 5.75 Å². The van der Waals surface area contributed by atoms with Gasteiger partial charge in [-0.3, -0.25) is 9.59 Å². The molecule has 0 radical (unpaired) electrons. The Kier molecular flexibility index (Phi) is 4.84. The van der Waals surface area contributed by atoms with Gasteiger partial charge in [-0.05, 0) is 73.7 Å². The highest BCUT2D eigenvalue weighted by molar-refractivity contribution is 6.03. The number of hydrogen-bond acceptors (Lipinski definition) is 3. The fourth-order valence-electron chi connectivity index (χ4n) is 3.92. The lowest BCUT2D eigenvalue weighted by molar-refractivity contribution is -0.122. The Bertz CT molecular complexity index is 860. The van der Waals surface area contributed by atoms with Crippen LogP contribution in [0.25, 0.3) is 0 Å². The molecule has 5 heteroatoms. The number of fused-ring (bicyclic) bond motifs is 1. The smallest absolute Gasteiger partial charge is 0.229 e. The Balaban J connectivity index is 1.41. The summed E-state index contributed by atoms with van der Waals surface area (Å²) in [6.45, 7) is 2.94. The highest BCUT2D eigenvalue weighted by Crippen LogP contribution is 2.29. The summed E-state index contributed by atoms with van der Waals surface area (Å²) >= 11 is 0. The zero-order valence-corrected chi connectivity index (χ0v) is 15.5. The summed E-state index contributed by atoms with van der Waals surface area (Å²) in [6, 6.07) is 13.6. The average Bonchev–Trinajstić information content (AvgIpc) is 3.29. The number of hydrogen-bond donors (Lipinski definition) is 1. The topological polar surface area (TPSA) is 58.6 Å². The first-order valence-corrected chi connectivity index (χ1v) is 9.60. The molecule has 2 aromatic rings. The Labute approximate surface area is 159 Å². The summed E-state index contributed by atoms with van der Waals surface area (Å²) in [7, 11) is 0. The Morgan fingerprint density at radius 1 is 1.15 bits per heavy atom. The minimum atomic E-state index is -0.336. The Hall–Kier alpha value is -2.82. The summed E-state index contributed by atoms with van der Waals surface area (Å²) in [5, 5.41) is 2.99. The predicted molar refractivity (Wildman–Crippen MR) is 105 cm³/mol. The largest absolute Gasteiger partial charge is 0.494 e. The van der Waals surface area contributed by atoms with Crippen LogP contribution in [0.3, 0.4) is 0 Å². The van der Waals surface area contributed by atoms with E-state index in [1.165, 1.54) is 17.5 Å². The first kappa shape index (κ1) is 17.6. The van der Waals surface area contributed by atoms with Crippen molar-refractivity contribution in [3.8, 4) is 5.75 Å². The number of benzene rings is 2. The molecule has 140 valence electrons. The van der Waals surface area contributed by atoms with Crippen molar-refractivity contribution in [3.05, 3.63) is 53.6 Å². The number of carbonyl (C=O) groups is 2. The minimum Gasteiger partial charge on any atom is -0.494 e. The summed E-state index contributed by atoms with van der Waals surface area (Å²) in [5.41, 5.74) is 4.33. The van der Waals surface area contributed by atoms with Crippen LogP contribution in [0.15, 0.2) is 42.5 Å². The standard InChI is InChI=1S/C22H24N2O3/c1-2-27-20-10-8-19(9-11-20)24-14-17(13-21(24)25)22(26)23-18-7-6-15-4-3-5-16(15)12-18/h6-12,17H,2-5,13-14H2,1H3,(H,23,26)/t17-/m0/s1. The number of carbonyl (C=O) groups excluding carboxylic acids is 2. The van der Waals surface area contributed by atoms with Gasteiger partial charge in [0.25, 0.3) is 0 Å². The lowest BCUT2D eigenvalue weighted by Gasteiger charge is -2.17. The molecule has 2 aromatic carbocycles. The van der Waals surface area contributed by atoms with Crippen molar-refractivity contribution in [3.63, 3.8) is 0 Å². The maximum absolute atomic E-state index is 12.7. The van der Waals surface area contributed by atoms with Gasteiger partial charge in [-0.15, -0.1) is 0 Å². The molecule has 1 atom stereocenters. The molecule has 0 bridgehead atoms. The SMILES string of the molecule is CCOc1ccc(N2C[C@@H](C(=O)Nc3ccc4c(c3)CCC4)CC2=O)cc1. The molecule has 4 rings (SSSR count). The fourth-order valence-corrected chi connectivity index (χ4v) is 3.92. The van der Waals surface area contributed by atoms with Crippen LogP contribution < -0.4 is 15.0 Å². The molecular weight excluding hydrogens is 340 g/mol. The second-order valence-corrected chi connectivity index (χ2v) is 7.16. The third-order valence-corrected chi connectivity index (χ3v) is 5.32. The van der Waals surface area contributed by atoms with Gasteiger partial charge < -0.3 is 15.0 Å². The van der Waals surface area contributed by atoms with Crippen LogP contribution in [-0.4, -0.2) is 25.0 Å². The van der Waals surface area contributed by atoms with Gasteiger partial charge in [0.05, 0.1) is 12.5 Å². The average molecular weight is 364 g/mol. The van der Waals surface area contributed by atoms with Crippen LogP contribution in [0, 0.1) is 5.92 Å². The molecule has 1 aliphatic carbocycles. The zero-order valence-electron chi connectivity index (χ0n) is 15.5. The van der Waals surface area contributed by atoms with Gasteiger partial charge in [0.1, 0.15) is 5.75 Å². The second kappa shape index (κ2) is 7.43. The molecule has 27 heavy (non-hydrogen) atoms. The molecule has 2 amide bonds. The van der Waals surface area contributed by atoms with Crippen molar-refractivity contribution < 1.29 is 14.3 Å². The van der Waals surface area contributed by atoms with Crippen LogP contribution in [0.2, 0.25) is 0 Å². The molecule has 1 saturated heterocycles. The highest BCUT2D eigenvalue weighted by Gasteiger charge is 2.35. The van der Waals surface area contributed by atoms with E-state index >= 15 is 0 Å². The summed E-state index contributed by atoms with van der Waals surface area (Å²) in [4.78, 5) is 26.8. The third-order valence-electron chi connectivity index (χ3n) is 5.32. The molecule has 2 aliphatic rings. The van der Waals surface area contributed by atoms with Crippen molar-refractivity contribution in [2.24, 2.45) is 5.92 Å². The summed E-state index contributed by atoms with van der Waals surface area (Å²) in [5.74, 6) is 0.333. The van der Waals surface area contributed by atoms with Gasteiger partial charge in [-0.25, -0.2) is 0 Å². The number of nitrogens with one attached hydrogen (secondary N) is 1. The van der Waals surface area contributed by atoms with Crippen LogP contribution in [0.1, 0.15) is 30.9 Å². The monoisotopic (exact) mass is 364 g/mol. The van der Waals surface area contributed by atoms with Gasteiger partial charge in [-0.1, -0.05) is 6.07 Å². The van der Waals surface area contributed by atoms with Crippen molar-refractivity contribution in [1.82, 2.24) is 0 Å². The maximum Gasteiger partial charge on any atom is 0.229 e. The minimum absolute atomic E-state index is 0.0201. The molecule has 1 aliphatic heterocycles. The molecular formula is C22H24N2O3. The van der Waals surface area contributed by atoms with Gasteiger partial charge in [0, 0.05) is 24.3 Å². The van der Waals surface area contributed by atoms with Crippen molar-refractivity contribution >= 4 is 23.2 Å². The molecule has 1 heterocycles. The number of nitrogens with zero attached hydrogens (tertiary/aromatic N) is 1. The first-order valence-electron chi connectivity index (χ1n) is 9.60. The van der Waals surface area contributed by atoms with E-state index in [0.29, 0.717) is 13.2 Å². The van der Waals surface area contributed by atoms with Gasteiger partial charge >= 0.3 is 0 Å². The zero-order chi connectivity index (χ0) is 18.8. The van der Waals surface area contributed by atoms with Gasteiger partial charge in [0.15, 0.2) is 0 Å². The van der Waals surface area contributed by atoms with E-state index in [9.17, 15) is 9.59 Å². The lowest BCUT2D eigenvalue weighted by atomic mass is 10.1. The molecule has 0 aromatic heterocycles. The maximum atomic E-state index is 12.7. The van der Waals surface area contributed by atoms with Crippen LogP contribution in [-0.2, 0) is 22.4 Å². The lowest BCUT2D eigenvalue weighted by Crippen LogP contribution is -2.28. The Morgan fingerprint density at radius 3 is 2.70 bits per heavy atom. The van der Waals surface area contributed by atoms with Crippen molar-refractivity contribution in [1.29, 1.82) is 0 Å². The van der Waals surface area contributed by atoms with E-state index in [4.69, 9.17) is 4.74 Å². The quantitative estimate of drug-likeness (QED) is 0.882. The third kappa shape index (κ3) is 3.68. The van der Waals surface area contributed by atoms with E-state index in [2.05, 4.69) is 17.4 Å². The normalized spacial score (nSPS) is 18.5.